The molecule has 0 saturated carbocycles. The Morgan fingerprint density at radius 1 is 0.969 bits per heavy atom. The Labute approximate surface area is 174 Å². The lowest BCUT2D eigenvalue weighted by Gasteiger charge is -2.16. The lowest BCUT2D eigenvalue weighted by Crippen LogP contribution is -2.45. The van der Waals surface area contributed by atoms with Gasteiger partial charge in [-0.2, -0.15) is 13.2 Å². The zero-order valence-corrected chi connectivity index (χ0v) is 15.5. The van der Waals surface area contributed by atoms with Crippen molar-refractivity contribution in [2.45, 2.75) is 12.2 Å². The van der Waals surface area contributed by atoms with Crippen LogP contribution in [0.25, 0.3) is 6.08 Å². The number of alkyl halides is 3. The van der Waals surface area contributed by atoms with Gasteiger partial charge in [0.15, 0.2) is 23.3 Å². The molecule has 2 aromatic rings. The number of benzene rings is 2. The molecule has 3 N–H and O–H groups in total. The maximum atomic E-state index is 13.6. The van der Waals surface area contributed by atoms with Crippen molar-refractivity contribution in [2.24, 2.45) is 0 Å². The molecule has 1 atom stereocenters. The minimum atomic E-state index is -4.69. The van der Waals surface area contributed by atoms with E-state index in [9.17, 15) is 49.8 Å². The van der Waals surface area contributed by atoms with E-state index in [0.717, 1.165) is 18.2 Å². The van der Waals surface area contributed by atoms with Gasteiger partial charge in [-0.25, -0.2) is 22.0 Å². The van der Waals surface area contributed by atoms with Gasteiger partial charge in [-0.05, 0) is 24.3 Å². The molecule has 32 heavy (non-hydrogen) atoms. The van der Waals surface area contributed by atoms with Crippen molar-refractivity contribution in [2.75, 3.05) is 11.9 Å². The quantitative estimate of drug-likeness (QED) is 0.263. The van der Waals surface area contributed by atoms with Crippen LogP contribution < -0.4 is 10.6 Å². The molecule has 5 nitrogen and oxygen atoms in total. The first kappa shape index (κ1) is 24.8. The van der Waals surface area contributed by atoms with Gasteiger partial charge in [-0.3, -0.25) is 9.59 Å². The summed E-state index contributed by atoms with van der Waals surface area (Å²) in [5.74, 6) is -13.7. The molecule has 2 aromatic carbocycles. The van der Waals surface area contributed by atoms with Crippen LogP contribution in [-0.2, 0) is 15.8 Å². The van der Waals surface area contributed by atoms with Crippen molar-refractivity contribution in [1.29, 1.82) is 0 Å². The van der Waals surface area contributed by atoms with Gasteiger partial charge in [0.2, 0.25) is 17.6 Å². The van der Waals surface area contributed by atoms with E-state index >= 15 is 0 Å². The number of carbonyl (C=O) groups is 2. The molecule has 2 amide bonds. The van der Waals surface area contributed by atoms with Crippen LogP contribution in [0.5, 0.6) is 0 Å². The third-order valence-electron chi connectivity index (χ3n) is 3.92. The summed E-state index contributed by atoms with van der Waals surface area (Å²) < 4.78 is 105. The van der Waals surface area contributed by atoms with Crippen molar-refractivity contribution >= 4 is 23.6 Å². The zero-order valence-electron chi connectivity index (χ0n) is 15.5. The van der Waals surface area contributed by atoms with Crippen LogP contribution in [0, 0.1) is 29.1 Å². The number of aliphatic hydroxyl groups is 1. The molecule has 0 unspecified atom stereocenters. The monoisotopic (exact) mass is 468 g/mol. The number of aliphatic hydroxyl groups excluding tert-OH is 1. The largest absolute Gasteiger partial charge is 0.416 e. The zero-order chi connectivity index (χ0) is 24.2. The summed E-state index contributed by atoms with van der Waals surface area (Å²) in [6.07, 6.45) is -4.11. The molecule has 2 rings (SSSR count). The molecular formula is C19H12F8N2O3. The van der Waals surface area contributed by atoms with Gasteiger partial charge >= 0.3 is 6.18 Å². The van der Waals surface area contributed by atoms with Gasteiger partial charge in [0.1, 0.15) is 6.04 Å². The van der Waals surface area contributed by atoms with E-state index in [1.165, 1.54) is 0 Å². The second-order valence-corrected chi connectivity index (χ2v) is 6.13. The SMILES string of the molecule is O=C(C=Cc1c(F)c(F)c(F)c(F)c1F)N[C@@H](CO)C(=O)Nc1cccc(C(F)(F)F)c1. The highest BCUT2D eigenvalue weighted by Gasteiger charge is 2.31. The summed E-state index contributed by atoms with van der Waals surface area (Å²) >= 11 is 0. The van der Waals surface area contributed by atoms with Crippen molar-refractivity contribution < 1.29 is 49.8 Å². The fourth-order valence-corrected chi connectivity index (χ4v) is 2.34. The highest BCUT2D eigenvalue weighted by atomic mass is 19.4. The van der Waals surface area contributed by atoms with Gasteiger partial charge < -0.3 is 15.7 Å². The average Bonchev–Trinajstić information content (AvgIpc) is 2.74. The van der Waals surface area contributed by atoms with Crippen LogP contribution in [0.15, 0.2) is 30.3 Å². The van der Waals surface area contributed by atoms with E-state index in [4.69, 9.17) is 0 Å². The minimum Gasteiger partial charge on any atom is -0.394 e. The molecule has 0 aromatic heterocycles. The second kappa shape index (κ2) is 9.77. The van der Waals surface area contributed by atoms with Crippen LogP contribution >= 0.6 is 0 Å². The Balaban J connectivity index is 2.13. The molecule has 0 spiro atoms. The molecule has 0 aliphatic carbocycles. The number of rotatable bonds is 6. The van der Waals surface area contributed by atoms with Crippen LogP contribution in [0.2, 0.25) is 0 Å². The van der Waals surface area contributed by atoms with E-state index in [0.29, 0.717) is 12.1 Å². The molecule has 0 heterocycles. The minimum absolute atomic E-state index is 0.255. The van der Waals surface area contributed by atoms with Crippen molar-refractivity contribution in [3.63, 3.8) is 0 Å². The summed E-state index contributed by atoms with van der Waals surface area (Å²) in [6.45, 7) is -1.03. The number of anilines is 1. The van der Waals surface area contributed by atoms with E-state index < -0.39 is 70.9 Å². The first-order valence-electron chi connectivity index (χ1n) is 8.45. The summed E-state index contributed by atoms with van der Waals surface area (Å²) in [4.78, 5) is 23.9. The van der Waals surface area contributed by atoms with Gasteiger partial charge in [0.05, 0.1) is 17.7 Å². The van der Waals surface area contributed by atoms with Crippen LogP contribution in [-0.4, -0.2) is 29.6 Å². The van der Waals surface area contributed by atoms with E-state index in [1.54, 1.807) is 0 Å². The van der Waals surface area contributed by atoms with Crippen LogP contribution in [0.1, 0.15) is 11.1 Å². The Hall–Kier alpha value is -3.48. The van der Waals surface area contributed by atoms with Crippen LogP contribution in [0.3, 0.4) is 0 Å². The molecule has 0 fully saturated rings. The van der Waals surface area contributed by atoms with E-state index in [-0.39, 0.29) is 11.8 Å². The van der Waals surface area contributed by atoms with Gasteiger partial charge in [-0.1, -0.05) is 6.07 Å². The Morgan fingerprint density at radius 2 is 1.53 bits per heavy atom. The first-order valence-corrected chi connectivity index (χ1v) is 8.45. The Kier molecular flexibility index (Phi) is 7.56. The normalized spacial score (nSPS) is 12.7. The highest BCUT2D eigenvalue weighted by molar-refractivity contribution is 6.00. The number of carbonyl (C=O) groups excluding carboxylic acids is 2. The summed E-state index contributed by atoms with van der Waals surface area (Å²) in [6, 6.07) is 1.71. The number of hydrogen-bond donors (Lipinski definition) is 3. The molecule has 0 bridgehead atoms. The topological polar surface area (TPSA) is 78.4 Å². The third kappa shape index (κ3) is 5.60. The molecule has 0 saturated heterocycles. The smallest absolute Gasteiger partial charge is 0.394 e. The third-order valence-corrected chi connectivity index (χ3v) is 3.92. The molecule has 172 valence electrons. The summed E-state index contributed by atoms with van der Waals surface area (Å²) in [5, 5.41) is 13.1. The maximum absolute atomic E-state index is 13.6. The highest BCUT2D eigenvalue weighted by Crippen LogP contribution is 2.30. The fraction of sp³-hybridized carbons (Fsp3) is 0.158. The second-order valence-electron chi connectivity index (χ2n) is 6.13. The summed E-state index contributed by atoms with van der Waals surface area (Å²) in [7, 11) is 0. The van der Waals surface area contributed by atoms with Gasteiger partial charge in [-0.15, -0.1) is 0 Å². The predicted molar refractivity (Wildman–Crippen MR) is 94.4 cm³/mol. The maximum Gasteiger partial charge on any atom is 0.416 e. The van der Waals surface area contributed by atoms with Crippen molar-refractivity contribution in [3.05, 3.63) is 70.6 Å². The van der Waals surface area contributed by atoms with Crippen LogP contribution in [0.4, 0.5) is 40.8 Å². The molecular weight excluding hydrogens is 456 g/mol. The van der Waals surface area contributed by atoms with Gasteiger partial charge in [0.25, 0.3) is 0 Å². The molecule has 0 aliphatic rings. The predicted octanol–water partition coefficient (Wildman–Crippen LogP) is 3.53. The lowest BCUT2D eigenvalue weighted by atomic mass is 10.1. The van der Waals surface area contributed by atoms with Crippen molar-refractivity contribution in [3.8, 4) is 0 Å². The molecule has 13 heteroatoms. The molecule has 0 radical (unpaired) electrons. The number of nitrogens with one attached hydrogen (secondary N) is 2. The van der Waals surface area contributed by atoms with Crippen molar-refractivity contribution in [1.82, 2.24) is 5.32 Å². The molecule has 0 aliphatic heterocycles. The number of hydrogen-bond acceptors (Lipinski definition) is 3. The Morgan fingerprint density at radius 3 is 2.06 bits per heavy atom. The first-order chi connectivity index (χ1) is 14.9. The van der Waals surface area contributed by atoms with E-state index in [2.05, 4.69) is 0 Å². The van der Waals surface area contributed by atoms with Gasteiger partial charge in [0, 0.05) is 11.8 Å². The fourth-order valence-electron chi connectivity index (χ4n) is 2.34. The van der Waals surface area contributed by atoms with E-state index in [1.807, 2.05) is 10.6 Å². The standard InChI is InChI=1S/C19H12F8N2O3/c20-13-10(14(21)16(23)17(24)15(13)22)4-5-12(31)29-11(7-30)18(32)28-9-3-1-2-8(6-9)19(25,26)27/h1-6,11,30H,7H2,(H,28,32)(H,29,31)/t11-/m0/s1. The average molecular weight is 468 g/mol. The lowest BCUT2D eigenvalue weighted by molar-refractivity contribution is -0.137. The summed E-state index contributed by atoms with van der Waals surface area (Å²) in [5.41, 5.74) is -2.81. The number of halogens is 8. The number of amides is 2. The Bertz CT molecular complexity index is 1040.